The topological polar surface area (TPSA) is 84.1 Å². The number of nitrogens with one attached hydrogen (secondary N) is 1. The number of nitrogens with zero attached hydrogens (tertiary/aromatic N) is 2. The van der Waals surface area contributed by atoms with Gasteiger partial charge < -0.3 is 14.6 Å². The summed E-state index contributed by atoms with van der Waals surface area (Å²) in [6, 6.07) is 16.7. The van der Waals surface area contributed by atoms with Gasteiger partial charge in [-0.25, -0.2) is 4.79 Å². The molecule has 0 atom stereocenters. The highest BCUT2D eigenvalue weighted by molar-refractivity contribution is 6.09. The highest BCUT2D eigenvalue weighted by atomic mass is 16.5. The summed E-state index contributed by atoms with van der Waals surface area (Å²) in [5, 5.41) is 12.4. The first-order valence-electron chi connectivity index (χ1n) is 10.1. The fourth-order valence-corrected chi connectivity index (χ4v) is 3.62. The van der Waals surface area contributed by atoms with Gasteiger partial charge in [0.1, 0.15) is 11.6 Å². The SMILES string of the molecule is COC(=O)c1ccc(C)c(-n2c(C)cc(/C=C(/C#N)C(=O)Nc3cccc(C)c3)c2C)c1. The van der Waals surface area contributed by atoms with Gasteiger partial charge in [0, 0.05) is 22.8 Å². The molecule has 0 bridgehead atoms. The molecular formula is C26H25N3O3. The number of benzene rings is 2. The number of aryl methyl sites for hydroxylation is 3. The van der Waals surface area contributed by atoms with E-state index in [1.807, 2.05) is 68.7 Å². The zero-order valence-corrected chi connectivity index (χ0v) is 18.8. The molecule has 0 aliphatic heterocycles. The maximum atomic E-state index is 12.7. The Morgan fingerprint density at radius 2 is 1.81 bits per heavy atom. The molecule has 6 heteroatoms. The van der Waals surface area contributed by atoms with Gasteiger partial charge in [0.25, 0.3) is 5.91 Å². The minimum Gasteiger partial charge on any atom is -0.465 e. The molecule has 1 aromatic heterocycles. The van der Waals surface area contributed by atoms with Crippen molar-refractivity contribution in [2.45, 2.75) is 27.7 Å². The summed E-state index contributed by atoms with van der Waals surface area (Å²) in [7, 11) is 1.35. The van der Waals surface area contributed by atoms with E-state index in [9.17, 15) is 14.9 Å². The zero-order chi connectivity index (χ0) is 23.4. The average molecular weight is 428 g/mol. The third kappa shape index (κ3) is 4.62. The molecular weight excluding hydrogens is 402 g/mol. The number of amides is 1. The summed E-state index contributed by atoms with van der Waals surface area (Å²) < 4.78 is 6.85. The van der Waals surface area contributed by atoms with Crippen molar-refractivity contribution in [2.24, 2.45) is 0 Å². The molecule has 162 valence electrons. The Morgan fingerprint density at radius 1 is 1.06 bits per heavy atom. The van der Waals surface area contributed by atoms with Gasteiger partial charge in [-0.2, -0.15) is 5.26 Å². The van der Waals surface area contributed by atoms with E-state index in [0.29, 0.717) is 11.3 Å². The van der Waals surface area contributed by atoms with Gasteiger partial charge in [-0.05, 0) is 80.8 Å². The number of esters is 1. The van der Waals surface area contributed by atoms with Crippen molar-refractivity contribution in [2.75, 3.05) is 12.4 Å². The Kier molecular flexibility index (Phi) is 6.60. The molecule has 0 saturated carbocycles. The number of carbonyl (C=O) groups excluding carboxylic acids is 2. The van der Waals surface area contributed by atoms with Crippen LogP contribution in [0.25, 0.3) is 11.8 Å². The van der Waals surface area contributed by atoms with E-state index in [1.54, 1.807) is 24.3 Å². The van der Waals surface area contributed by atoms with Crippen molar-refractivity contribution in [3.63, 3.8) is 0 Å². The average Bonchev–Trinajstić information content (AvgIpc) is 3.04. The monoisotopic (exact) mass is 427 g/mol. The fraction of sp³-hybridized carbons (Fsp3) is 0.192. The van der Waals surface area contributed by atoms with Crippen LogP contribution < -0.4 is 5.32 Å². The molecule has 32 heavy (non-hydrogen) atoms. The molecule has 1 heterocycles. The Bertz CT molecular complexity index is 1280. The van der Waals surface area contributed by atoms with E-state index in [2.05, 4.69) is 5.32 Å². The van der Waals surface area contributed by atoms with E-state index >= 15 is 0 Å². The molecule has 3 rings (SSSR count). The molecule has 0 saturated heterocycles. The Morgan fingerprint density at radius 3 is 2.47 bits per heavy atom. The predicted molar refractivity (Wildman–Crippen MR) is 125 cm³/mol. The first kappa shape index (κ1) is 22.6. The molecule has 0 radical (unpaired) electrons. The quantitative estimate of drug-likeness (QED) is 0.351. The Labute approximate surface area is 187 Å². The van der Waals surface area contributed by atoms with Crippen LogP contribution in [0, 0.1) is 39.0 Å². The molecule has 1 N–H and O–H groups in total. The van der Waals surface area contributed by atoms with Gasteiger partial charge in [0.2, 0.25) is 0 Å². The standard InChI is InChI=1S/C26H25N3O3/c1-16-7-6-8-23(11-16)28-25(30)22(15-27)13-21-12-18(3)29(19(21)4)24-14-20(26(31)32-5)10-9-17(24)2/h6-14H,1-5H3,(H,28,30)/b22-13-. The van der Waals surface area contributed by atoms with Crippen molar-refractivity contribution in [1.29, 1.82) is 5.26 Å². The van der Waals surface area contributed by atoms with Crippen LogP contribution in [0.2, 0.25) is 0 Å². The van der Waals surface area contributed by atoms with E-state index in [0.717, 1.165) is 33.8 Å². The van der Waals surface area contributed by atoms with E-state index in [-0.39, 0.29) is 5.57 Å². The van der Waals surface area contributed by atoms with Gasteiger partial charge in [-0.15, -0.1) is 0 Å². The van der Waals surface area contributed by atoms with E-state index in [1.165, 1.54) is 7.11 Å². The van der Waals surface area contributed by atoms with Crippen LogP contribution in [0.4, 0.5) is 5.69 Å². The largest absolute Gasteiger partial charge is 0.465 e. The molecule has 1 amide bonds. The highest BCUT2D eigenvalue weighted by Crippen LogP contribution is 2.26. The number of ether oxygens (including phenoxy) is 1. The number of methoxy groups -OCH3 is 1. The number of hydrogen-bond acceptors (Lipinski definition) is 4. The van der Waals surface area contributed by atoms with E-state index < -0.39 is 11.9 Å². The Balaban J connectivity index is 2.00. The molecule has 6 nitrogen and oxygen atoms in total. The molecule has 0 fully saturated rings. The molecule has 0 spiro atoms. The van der Waals surface area contributed by atoms with Crippen molar-refractivity contribution >= 4 is 23.6 Å². The third-order valence-corrected chi connectivity index (χ3v) is 5.28. The molecule has 0 aliphatic rings. The minimum atomic E-state index is -0.466. The number of hydrogen-bond donors (Lipinski definition) is 1. The number of aromatic nitrogens is 1. The summed E-state index contributed by atoms with van der Waals surface area (Å²) >= 11 is 0. The summed E-state index contributed by atoms with van der Waals surface area (Å²) in [5.74, 6) is -0.875. The predicted octanol–water partition coefficient (Wildman–Crippen LogP) is 5.04. The van der Waals surface area contributed by atoms with Crippen LogP contribution in [0.5, 0.6) is 0 Å². The van der Waals surface area contributed by atoms with Gasteiger partial charge in [-0.1, -0.05) is 18.2 Å². The first-order valence-corrected chi connectivity index (χ1v) is 10.1. The van der Waals surface area contributed by atoms with E-state index in [4.69, 9.17) is 4.74 Å². The molecule has 3 aromatic rings. The number of rotatable bonds is 5. The minimum absolute atomic E-state index is 0.00629. The smallest absolute Gasteiger partial charge is 0.337 e. The van der Waals surface area contributed by atoms with Crippen molar-refractivity contribution in [3.05, 3.63) is 87.7 Å². The summed E-state index contributed by atoms with van der Waals surface area (Å²) in [4.78, 5) is 24.7. The van der Waals surface area contributed by atoms with Crippen LogP contribution in [0.15, 0.2) is 54.1 Å². The lowest BCUT2D eigenvalue weighted by molar-refractivity contribution is -0.112. The first-order chi connectivity index (χ1) is 15.2. The molecule has 2 aromatic carbocycles. The third-order valence-electron chi connectivity index (χ3n) is 5.28. The normalized spacial score (nSPS) is 11.1. The molecule has 0 unspecified atom stereocenters. The summed E-state index contributed by atoms with van der Waals surface area (Å²) in [5.41, 5.74) is 6.44. The van der Waals surface area contributed by atoms with Gasteiger partial charge in [0.05, 0.1) is 12.7 Å². The second-order valence-electron chi connectivity index (χ2n) is 7.65. The highest BCUT2D eigenvalue weighted by Gasteiger charge is 2.16. The van der Waals surface area contributed by atoms with Gasteiger partial charge in [-0.3, -0.25) is 4.79 Å². The number of nitriles is 1. The maximum absolute atomic E-state index is 12.7. The van der Waals surface area contributed by atoms with Crippen molar-refractivity contribution in [3.8, 4) is 11.8 Å². The van der Waals surface area contributed by atoms with Gasteiger partial charge >= 0.3 is 5.97 Å². The van der Waals surface area contributed by atoms with Gasteiger partial charge in [0.15, 0.2) is 0 Å². The summed E-state index contributed by atoms with van der Waals surface area (Å²) in [6.07, 6.45) is 1.59. The zero-order valence-electron chi connectivity index (χ0n) is 18.8. The van der Waals surface area contributed by atoms with Crippen LogP contribution in [0.3, 0.4) is 0 Å². The molecule has 0 aliphatic carbocycles. The van der Waals surface area contributed by atoms with Crippen LogP contribution in [0.1, 0.15) is 38.4 Å². The lowest BCUT2D eigenvalue weighted by Gasteiger charge is -2.14. The van der Waals surface area contributed by atoms with Crippen LogP contribution >= 0.6 is 0 Å². The lowest BCUT2D eigenvalue weighted by Crippen LogP contribution is -2.13. The number of anilines is 1. The van der Waals surface area contributed by atoms with Crippen molar-refractivity contribution in [1.82, 2.24) is 4.57 Å². The van der Waals surface area contributed by atoms with Crippen LogP contribution in [-0.2, 0) is 9.53 Å². The second kappa shape index (κ2) is 9.36. The Hall–Kier alpha value is -4.11. The number of carbonyl (C=O) groups is 2. The van der Waals surface area contributed by atoms with Crippen molar-refractivity contribution < 1.29 is 14.3 Å². The second-order valence-corrected chi connectivity index (χ2v) is 7.65. The van der Waals surface area contributed by atoms with Crippen LogP contribution in [-0.4, -0.2) is 23.6 Å². The summed E-state index contributed by atoms with van der Waals surface area (Å²) in [6.45, 7) is 7.74. The lowest BCUT2D eigenvalue weighted by atomic mass is 10.1. The fourth-order valence-electron chi connectivity index (χ4n) is 3.62. The maximum Gasteiger partial charge on any atom is 0.337 e.